The number of halogens is 1. The van der Waals surface area contributed by atoms with E-state index < -0.39 is 5.60 Å². The van der Waals surface area contributed by atoms with Crippen molar-refractivity contribution in [3.63, 3.8) is 0 Å². The molecule has 0 bridgehead atoms. The average Bonchev–Trinajstić information content (AvgIpc) is 2.77. The highest BCUT2D eigenvalue weighted by Gasteiger charge is 2.26. The van der Waals surface area contributed by atoms with Crippen LogP contribution in [-0.4, -0.2) is 5.11 Å². The van der Waals surface area contributed by atoms with Crippen LogP contribution in [0.15, 0.2) is 28.1 Å². The zero-order valence-corrected chi connectivity index (χ0v) is 12.4. The van der Waals surface area contributed by atoms with E-state index in [-0.39, 0.29) is 0 Å². The molecule has 1 unspecified atom stereocenters. The Bertz CT molecular complexity index is 485. The second-order valence-corrected chi connectivity index (χ2v) is 7.20. The van der Waals surface area contributed by atoms with E-state index in [4.69, 9.17) is 0 Å². The lowest BCUT2D eigenvalue weighted by Gasteiger charge is -2.21. The predicted octanol–water partition coefficient (Wildman–Crippen LogP) is 4.33. The summed E-state index contributed by atoms with van der Waals surface area (Å²) < 4.78 is 1.09. The molecule has 0 aliphatic heterocycles. The first-order valence-corrected chi connectivity index (χ1v) is 7.49. The predicted molar refractivity (Wildman–Crippen MR) is 74.3 cm³/mol. The second kappa shape index (κ2) is 4.61. The van der Waals surface area contributed by atoms with Crippen molar-refractivity contribution in [2.75, 3.05) is 0 Å². The number of aryl methyl sites for hydroxylation is 1. The SMILES string of the molecule is Cc1ccc(C(C)(O)Cc2sccc2Br)s1. The molecule has 0 radical (unpaired) electrons. The Labute approximate surface area is 112 Å². The molecule has 0 aliphatic rings. The van der Waals surface area contributed by atoms with Crippen LogP contribution in [0, 0.1) is 6.92 Å². The van der Waals surface area contributed by atoms with E-state index in [0.29, 0.717) is 6.42 Å². The molecule has 2 heterocycles. The Kier molecular flexibility index (Phi) is 3.54. The van der Waals surface area contributed by atoms with Gasteiger partial charge in [-0.2, -0.15) is 0 Å². The summed E-state index contributed by atoms with van der Waals surface area (Å²) in [4.78, 5) is 3.46. The Morgan fingerprint density at radius 2 is 2.12 bits per heavy atom. The normalized spacial score (nSPS) is 15.0. The minimum atomic E-state index is -0.772. The molecule has 16 heavy (non-hydrogen) atoms. The van der Waals surface area contributed by atoms with Crippen LogP contribution in [0.3, 0.4) is 0 Å². The molecule has 0 saturated carbocycles. The van der Waals surface area contributed by atoms with Crippen LogP contribution in [0.5, 0.6) is 0 Å². The lowest BCUT2D eigenvalue weighted by atomic mass is 9.99. The van der Waals surface area contributed by atoms with Gasteiger partial charge >= 0.3 is 0 Å². The van der Waals surface area contributed by atoms with E-state index in [1.54, 1.807) is 22.7 Å². The van der Waals surface area contributed by atoms with Crippen molar-refractivity contribution in [2.45, 2.75) is 25.9 Å². The maximum atomic E-state index is 10.5. The van der Waals surface area contributed by atoms with Gasteiger partial charge in [0.25, 0.3) is 0 Å². The third-order valence-electron chi connectivity index (χ3n) is 2.47. The third kappa shape index (κ3) is 2.56. The van der Waals surface area contributed by atoms with E-state index in [1.165, 1.54) is 9.75 Å². The van der Waals surface area contributed by atoms with Gasteiger partial charge in [-0.3, -0.25) is 0 Å². The number of thiophene rings is 2. The first-order chi connectivity index (χ1) is 7.49. The average molecular weight is 317 g/mol. The summed E-state index contributed by atoms with van der Waals surface area (Å²) in [5.74, 6) is 0. The van der Waals surface area contributed by atoms with Crippen LogP contribution in [0.4, 0.5) is 0 Å². The molecular formula is C12H13BrOS2. The van der Waals surface area contributed by atoms with Crippen molar-refractivity contribution in [3.05, 3.63) is 42.7 Å². The van der Waals surface area contributed by atoms with Crippen molar-refractivity contribution in [3.8, 4) is 0 Å². The zero-order valence-electron chi connectivity index (χ0n) is 9.16. The van der Waals surface area contributed by atoms with Gasteiger partial charge in [0.2, 0.25) is 0 Å². The maximum Gasteiger partial charge on any atom is 0.101 e. The number of hydrogen-bond acceptors (Lipinski definition) is 3. The maximum absolute atomic E-state index is 10.5. The van der Waals surface area contributed by atoms with E-state index in [1.807, 2.05) is 24.4 Å². The van der Waals surface area contributed by atoms with Crippen LogP contribution in [0.2, 0.25) is 0 Å². The van der Waals surface area contributed by atoms with E-state index >= 15 is 0 Å². The minimum Gasteiger partial charge on any atom is -0.384 e. The highest BCUT2D eigenvalue weighted by molar-refractivity contribution is 9.10. The van der Waals surface area contributed by atoms with Gasteiger partial charge in [0.1, 0.15) is 5.60 Å². The van der Waals surface area contributed by atoms with Gasteiger partial charge in [0.05, 0.1) is 0 Å². The fraction of sp³-hybridized carbons (Fsp3) is 0.333. The second-order valence-electron chi connectivity index (χ2n) is 4.05. The van der Waals surface area contributed by atoms with Crippen LogP contribution < -0.4 is 0 Å². The van der Waals surface area contributed by atoms with Crippen molar-refractivity contribution < 1.29 is 5.11 Å². The number of hydrogen-bond donors (Lipinski definition) is 1. The molecule has 4 heteroatoms. The van der Waals surface area contributed by atoms with Crippen LogP contribution in [0.25, 0.3) is 0 Å². The number of aliphatic hydroxyl groups is 1. The van der Waals surface area contributed by atoms with Crippen molar-refractivity contribution >= 4 is 38.6 Å². The summed E-state index contributed by atoms with van der Waals surface area (Å²) in [6.07, 6.45) is 0.658. The van der Waals surface area contributed by atoms with Gasteiger partial charge in [0, 0.05) is 25.5 Å². The zero-order chi connectivity index (χ0) is 11.8. The summed E-state index contributed by atoms with van der Waals surface area (Å²) in [6.45, 7) is 3.94. The van der Waals surface area contributed by atoms with Gasteiger partial charge in [-0.05, 0) is 53.4 Å². The van der Waals surface area contributed by atoms with Crippen LogP contribution in [-0.2, 0) is 12.0 Å². The van der Waals surface area contributed by atoms with Crippen molar-refractivity contribution in [2.24, 2.45) is 0 Å². The molecule has 2 aromatic rings. The summed E-state index contributed by atoms with van der Waals surface area (Å²) in [5, 5.41) is 12.5. The Hall–Kier alpha value is -0.160. The molecule has 0 saturated heterocycles. The Morgan fingerprint density at radius 1 is 1.38 bits per heavy atom. The Morgan fingerprint density at radius 3 is 2.62 bits per heavy atom. The molecule has 1 nitrogen and oxygen atoms in total. The summed E-state index contributed by atoms with van der Waals surface area (Å²) in [6, 6.07) is 6.09. The van der Waals surface area contributed by atoms with E-state index in [2.05, 4.69) is 28.9 Å². The molecule has 0 fully saturated rings. The Balaban J connectivity index is 2.23. The fourth-order valence-electron chi connectivity index (χ4n) is 1.57. The molecule has 86 valence electrons. The molecule has 0 spiro atoms. The molecular weight excluding hydrogens is 304 g/mol. The highest BCUT2D eigenvalue weighted by Crippen LogP contribution is 2.34. The monoisotopic (exact) mass is 316 g/mol. The largest absolute Gasteiger partial charge is 0.384 e. The van der Waals surface area contributed by atoms with Gasteiger partial charge in [-0.25, -0.2) is 0 Å². The molecule has 0 amide bonds. The van der Waals surface area contributed by atoms with Gasteiger partial charge < -0.3 is 5.11 Å². The first-order valence-electron chi connectivity index (χ1n) is 5.00. The lowest BCUT2D eigenvalue weighted by molar-refractivity contribution is 0.0622. The van der Waals surface area contributed by atoms with Crippen LogP contribution in [0.1, 0.15) is 21.6 Å². The van der Waals surface area contributed by atoms with E-state index in [0.717, 1.165) is 9.35 Å². The van der Waals surface area contributed by atoms with Gasteiger partial charge in [-0.1, -0.05) is 0 Å². The van der Waals surface area contributed by atoms with Gasteiger partial charge in [0.15, 0.2) is 0 Å². The molecule has 0 aliphatic carbocycles. The third-order valence-corrected chi connectivity index (χ3v) is 5.65. The quantitative estimate of drug-likeness (QED) is 0.893. The number of rotatable bonds is 3. The molecule has 2 aromatic heterocycles. The lowest BCUT2D eigenvalue weighted by Crippen LogP contribution is -2.22. The van der Waals surface area contributed by atoms with Crippen LogP contribution >= 0.6 is 38.6 Å². The topological polar surface area (TPSA) is 20.2 Å². The molecule has 0 aromatic carbocycles. The summed E-state index contributed by atoms with van der Waals surface area (Å²) in [7, 11) is 0. The minimum absolute atomic E-state index is 0.658. The molecule has 2 rings (SSSR count). The molecule has 1 atom stereocenters. The van der Waals surface area contributed by atoms with Crippen molar-refractivity contribution in [1.29, 1.82) is 0 Å². The summed E-state index contributed by atoms with van der Waals surface area (Å²) >= 11 is 6.84. The van der Waals surface area contributed by atoms with Gasteiger partial charge in [-0.15, -0.1) is 22.7 Å². The summed E-state index contributed by atoms with van der Waals surface area (Å²) in [5.41, 5.74) is -0.772. The van der Waals surface area contributed by atoms with E-state index in [9.17, 15) is 5.11 Å². The highest BCUT2D eigenvalue weighted by atomic mass is 79.9. The standard InChI is InChI=1S/C12H13BrOS2/c1-8-3-4-11(16-8)12(2,14)7-10-9(13)5-6-15-10/h3-6,14H,7H2,1-2H3. The van der Waals surface area contributed by atoms with Crippen molar-refractivity contribution in [1.82, 2.24) is 0 Å². The fourth-order valence-corrected chi connectivity index (χ4v) is 4.13. The molecule has 1 N–H and O–H groups in total. The first kappa shape index (κ1) is 12.3. The smallest absolute Gasteiger partial charge is 0.101 e.